The van der Waals surface area contributed by atoms with E-state index in [0.717, 1.165) is 33.9 Å². The van der Waals surface area contributed by atoms with Crippen LogP contribution in [0.2, 0.25) is 5.02 Å². The lowest BCUT2D eigenvalue weighted by Gasteiger charge is -2.34. The number of nitrogens with two attached hydrogens (primary N) is 1. The van der Waals surface area contributed by atoms with Crippen molar-refractivity contribution >= 4 is 33.2 Å². The van der Waals surface area contributed by atoms with Gasteiger partial charge in [-0.2, -0.15) is 0 Å². The third-order valence-corrected chi connectivity index (χ3v) is 5.81. The van der Waals surface area contributed by atoms with Gasteiger partial charge in [0, 0.05) is 22.2 Å². The number of rotatable bonds is 4. The van der Waals surface area contributed by atoms with Gasteiger partial charge in [0.2, 0.25) is 0 Å². The summed E-state index contributed by atoms with van der Waals surface area (Å²) in [7, 11) is 0. The molecule has 2 atom stereocenters. The van der Waals surface area contributed by atoms with E-state index in [2.05, 4.69) is 28.2 Å². The van der Waals surface area contributed by atoms with Crippen molar-refractivity contribution in [1.29, 1.82) is 0 Å². The first-order valence-corrected chi connectivity index (χ1v) is 8.69. The monoisotopic (exact) mass is 358 g/mol. The fraction of sp³-hybridized carbons (Fsp3) is 0.625. The average molecular weight is 360 g/mol. The molecule has 0 radical (unpaired) electrons. The summed E-state index contributed by atoms with van der Waals surface area (Å²) in [5, 5.41) is 4.42. The number of nitrogens with one attached hydrogen (secondary N) is 1. The topological polar surface area (TPSA) is 38.0 Å². The SMILES string of the molecule is CCC1CCCC(CN)(Nc2ccc(Cl)c(Br)c2)CC1. The molecule has 112 valence electrons. The van der Waals surface area contributed by atoms with Crippen LogP contribution in [0.25, 0.3) is 0 Å². The lowest BCUT2D eigenvalue weighted by Crippen LogP contribution is -2.45. The van der Waals surface area contributed by atoms with Gasteiger partial charge in [-0.1, -0.05) is 37.8 Å². The molecule has 4 heteroatoms. The summed E-state index contributed by atoms with van der Waals surface area (Å²) in [6, 6.07) is 6.00. The minimum Gasteiger partial charge on any atom is -0.378 e. The smallest absolute Gasteiger partial charge is 0.0549 e. The molecule has 2 nitrogen and oxygen atoms in total. The second-order valence-corrected chi connectivity index (χ2v) is 7.21. The molecule has 2 rings (SSSR count). The molecule has 1 fully saturated rings. The number of anilines is 1. The molecule has 0 bridgehead atoms. The van der Waals surface area contributed by atoms with Crippen LogP contribution in [0.4, 0.5) is 5.69 Å². The maximum Gasteiger partial charge on any atom is 0.0549 e. The van der Waals surface area contributed by atoms with Crippen LogP contribution in [0, 0.1) is 5.92 Å². The molecule has 0 heterocycles. The summed E-state index contributed by atoms with van der Waals surface area (Å²) >= 11 is 9.54. The van der Waals surface area contributed by atoms with Crippen LogP contribution in [0.1, 0.15) is 45.4 Å². The molecule has 0 spiro atoms. The van der Waals surface area contributed by atoms with Gasteiger partial charge in [0.05, 0.1) is 5.02 Å². The van der Waals surface area contributed by atoms with E-state index in [1.54, 1.807) is 0 Å². The zero-order chi connectivity index (χ0) is 14.6. The molecule has 0 aliphatic heterocycles. The first kappa shape index (κ1) is 16.1. The quantitative estimate of drug-likeness (QED) is 0.725. The van der Waals surface area contributed by atoms with Gasteiger partial charge in [-0.05, 0) is 59.3 Å². The van der Waals surface area contributed by atoms with Crippen molar-refractivity contribution in [3.63, 3.8) is 0 Å². The largest absolute Gasteiger partial charge is 0.378 e. The van der Waals surface area contributed by atoms with Gasteiger partial charge in [0.1, 0.15) is 0 Å². The molecule has 1 aliphatic rings. The van der Waals surface area contributed by atoms with E-state index in [1.807, 2.05) is 18.2 Å². The van der Waals surface area contributed by atoms with Crippen LogP contribution >= 0.6 is 27.5 Å². The molecular formula is C16H24BrClN2. The number of benzene rings is 1. The van der Waals surface area contributed by atoms with Gasteiger partial charge in [-0.3, -0.25) is 0 Å². The van der Waals surface area contributed by atoms with Crippen molar-refractivity contribution in [2.75, 3.05) is 11.9 Å². The molecule has 3 N–H and O–H groups in total. The molecule has 0 amide bonds. The molecule has 1 saturated carbocycles. The number of hydrogen-bond donors (Lipinski definition) is 2. The van der Waals surface area contributed by atoms with Gasteiger partial charge in [0.15, 0.2) is 0 Å². The standard InChI is InChI=1S/C16H24BrClN2/c1-2-12-4-3-8-16(11-19,9-7-12)20-13-5-6-15(18)14(17)10-13/h5-6,10,12,20H,2-4,7-9,11,19H2,1H3. The Labute approximate surface area is 135 Å². The summed E-state index contributed by atoms with van der Waals surface area (Å²) in [6.07, 6.45) is 7.47. The summed E-state index contributed by atoms with van der Waals surface area (Å²) in [5.41, 5.74) is 7.25. The Kier molecular flexibility index (Phi) is 5.76. The third-order valence-electron chi connectivity index (χ3n) is 4.60. The zero-order valence-corrected chi connectivity index (χ0v) is 14.4. The average Bonchev–Trinajstić information content (AvgIpc) is 2.66. The highest BCUT2D eigenvalue weighted by Gasteiger charge is 2.31. The molecule has 1 aliphatic carbocycles. The first-order chi connectivity index (χ1) is 9.58. The summed E-state index contributed by atoms with van der Waals surface area (Å²) in [4.78, 5) is 0. The van der Waals surface area contributed by atoms with Crippen LogP contribution in [0.5, 0.6) is 0 Å². The minimum absolute atomic E-state index is 0.0389. The van der Waals surface area contributed by atoms with Gasteiger partial charge in [-0.15, -0.1) is 0 Å². The number of hydrogen-bond acceptors (Lipinski definition) is 2. The van der Waals surface area contributed by atoms with Crippen molar-refractivity contribution in [3.05, 3.63) is 27.7 Å². The highest BCUT2D eigenvalue weighted by Crippen LogP contribution is 2.35. The van der Waals surface area contributed by atoms with E-state index < -0.39 is 0 Å². The molecule has 0 saturated heterocycles. The molecule has 20 heavy (non-hydrogen) atoms. The maximum absolute atomic E-state index is 6.11. The van der Waals surface area contributed by atoms with Crippen LogP contribution in [0.3, 0.4) is 0 Å². The van der Waals surface area contributed by atoms with E-state index >= 15 is 0 Å². The minimum atomic E-state index is 0.0389. The van der Waals surface area contributed by atoms with E-state index in [1.165, 1.54) is 25.7 Å². The van der Waals surface area contributed by atoms with E-state index in [0.29, 0.717) is 6.54 Å². The van der Waals surface area contributed by atoms with E-state index in [9.17, 15) is 0 Å². The van der Waals surface area contributed by atoms with Crippen LogP contribution < -0.4 is 11.1 Å². The van der Waals surface area contributed by atoms with E-state index in [-0.39, 0.29) is 5.54 Å². The lowest BCUT2D eigenvalue weighted by atomic mass is 9.89. The van der Waals surface area contributed by atoms with Gasteiger partial charge >= 0.3 is 0 Å². The highest BCUT2D eigenvalue weighted by atomic mass is 79.9. The summed E-state index contributed by atoms with van der Waals surface area (Å²) < 4.78 is 0.927. The summed E-state index contributed by atoms with van der Waals surface area (Å²) in [5.74, 6) is 0.863. The fourth-order valence-corrected chi connectivity index (χ4v) is 3.64. The zero-order valence-electron chi connectivity index (χ0n) is 12.1. The van der Waals surface area contributed by atoms with Crippen LogP contribution in [-0.2, 0) is 0 Å². The molecule has 2 unspecified atom stereocenters. The van der Waals surface area contributed by atoms with E-state index in [4.69, 9.17) is 17.3 Å². The van der Waals surface area contributed by atoms with Gasteiger partial charge in [-0.25, -0.2) is 0 Å². The Morgan fingerprint density at radius 3 is 2.85 bits per heavy atom. The second kappa shape index (κ2) is 7.15. The molecule has 1 aromatic carbocycles. The maximum atomic E-state index is 6.11. The second-order valence-electron chi connectivity index (χ2n) is 5.94. The number of halogens is 2. The Morgan fingerprint density at radius 1 is 1.40 bits per heavy atom. The molecule has 1 aromatic rings. The molecular weight excluding hydrogens is 336 g/mol. The lowest BCUT2D eigenvalue weighted by molar-refractivity contribution is 0.398. The van der Waals surface area contributed by atoms with Crippen LogP contribution in [0.15, 0.2) is 22.7 Å². The fourth-order valence-electron chi connectivity index (χ4n) is 3.15. The predicted molar refractivity (Wildman–Crippen MR) is 91.4 cm³/mol. The third kappa shape index (κ3) is 3.90. The Bertz CT molecular complexity index is 452. The van der Waals surface area contributed by atoms with Crippen molar-refractivity contribution in [1.82, 2.24) is 0 Å². The van der Waals surface area contributed by atoms with Crippen molar-refractivity contribution < 1.29 is 0 Å². The summed E-state index contributed by atoms with van der Waals surface area (Å²) in [6.45, 7) is 2.98. The normalized spacial score (nSPS) is 27.1. The highest BCUT2D eigenvalue weighted by molar-refractivity contribution is 9.10. The Hall–Kier alpha value is -0.250. The Balaban J connectivity index is 2.12. The van der Waals surface area contributed by atoms with Crippen molar-refractivity contribution in [2.45, 2.75) is 51.0 Å². The first-order valence-electron chi connectivity index (χ1n) is 7.52. The van der Waals surface area contributed by atoms with Gasteiger partial charge < -0.3 is 11.1 Å². The van der Waals surface area contributed by atoms with Crippen molar-refractivity contribution in [2.24, 2.45) is 11.7 Å². The Morgan fingerprint density at radius 2 is 2.20 bits per heavy atom. The predicted octanol–water partition coefficient (Wildman–Crippen LogP) is 5.20. The van der Waals surface area contributed by atoms with Crippen molar-refractivity contribution in [3.8, 4) is 0 Å². The van der Waals surface area contributed by atoms with Crippen LogP contribution in [-0.4, -0.2) is 12.1 Å². The van der Waals surface area contributed by atoms with Gasteiger partial charge in [0.25, 0.3) is 0 Å². The molecule has 0 aromatic heterocycles.